The van der Waals surface area contributed by atoms with Crippen LogP contribution in [0.2, 0.25) is 0 Å². The van der Waals surface area contributed by atoms with Crippen LogP contribution < -0.4 is 15.4 Å². The second-order valence-electron chi connectivity index (χ2n) is 6.69. The number of carbonyl (C=O) groups excluding carboxylic acids is 2. The number of thioether (sulfide) groups is 1. The molecule has 4 rings (SSSR count). The Labute approximate surface area is 176 Å². The number of carbonyl (C=O) groups is 2. The van der Waals surface area contributed by atoms with Crippen molar-refractivity contribution in [3.8, 4) is 5.75 Å². The Kier molecular flexibility index (Phi) is 5.67. The predicted molar refractivity (Wildman–Crippen MR) is 113 cm³/mol. The molecule has 1 aromatic heterocycles. The molecule has 2 heterocycles. The maximum atomic E-state index is 13.1. The van der Waals surface area contributed by atoms with E-state index in [0.717, 1.165) is 5.56 Å². The molecule has 1 aliphatic heterocycles. The number of pyridine rings is 1. The van der Waals surface area contributed by atoms with Crippen LogP contribution >= 0.6 is 11.8 Å². The lowest BCUT2D eigenvalue weighted by Gasteiger charge is -2.23. The number of amides is 2. The fraction of sp³-hybridized carbons (Fsp3) is 0.136. The van der Waals surface area contributed by atoms with E-state index in [1.807, 2.05) is 0 Å². The van der Waals surface area contributed by atoms with Crippen LogP contribution in [0, 0.1) is 5.82 Å². The number of nitrogens with zero attached hydrogens (tertiary/aromatic N) is 1. The van der Waals surface area contributed by atoms with Crippen LogP contribution in [0.25, 0.3) is 0 Å². The number of hydrogen-bond acceptors (Lipinski definition) is 5. The number of nitrogens with one attached hydrogen (secondary N) is 2. The molecule has 30 heavy (non-hydrogen) atoms. The number of hydrogen-bond donors (Lipinski definition) is 2. The Balaban J connectivity index is 1.48. The van der Waals surface area contributed by atoms with Crippen molar-refractivity contribution >= 4 is 35.0 Å². The Hall–Kier alpha value is -3.39. The third kappa shape index (κ3) is 4.44. The highest BCUT2D eigenvalue weighted by atomic mass is 32.2. The van der Waals surface area contributed by atoms with Crippen molar-refractivity contribution in [2.45, 2.75) is 23.8 Å². The average molecular weight is 423 g/mol. The first-order valence-corrected chi connectivity index (χ1v) is 10.2. The topological polar surface area (TPSA) is 80.3 Å². The highest BCUT2D eigenvalue weighted by Crippen LogP contribution is 2.32. The smallest absolute Gasteiger partial charge is 0.265 e. The minimum atomic E-state index is -0.561. The van der Waals surface area contributed by atoms with E-state index in [4.69, 9.17) is 4.74 Å². The zero-order valence-corrected chi connectivity index (χ0v) is 16.8. The molecule has 2 aromatic carbocycles. The molecule has 2 N–H and O–H groups in total. The molecule has 1 unspecified atom stereocenters. The summed E-state index contributed by atoms with van der Waals surface area (Å²) in [7, 11) is 0. The Morgan fingerprint density at radius 2 is 2.03 bits per heavy atom. The Morgan fingerprint density at radius 3 is 2.83 bits per heavy atom. The van der Waals surface area contributed by atoms with Crippen molar-refractivity contribution in [3.63, 3.8) is 0 Å². The molecule has 1 aliphatic rings. The fourth-order valence-electron chi connectivity index (χ4n) is 2.90. The summed E-state index contributed by atoms with van der Waals surface area (Å²) in [4.78, 5) is 29.0. The normalized spacial score (nSPS) is 15.0. The van der Waals surface area contributed by atoms with E-state index in [1.54, 1.807) is 55.6 Å². The van der Waals surface area contributed by atoms with Gasteiger partial charge in [0.25, 0.3) is 11.8 Å². The Morgan fingerprint density at radius 1 is 1.23 bits per heavy atom. The van der Waals surface area contributed by atoms with Crippen LogP contribution in [-0.4, -0.2) is 22.9 Å². The van der Waals surface area contributed by atoms with E-state index in [-0.39, 0.29) is 17.6 Å². The minimum Gasteiger partial charge on any atom is -0.479 e. The number of rotatable bonds is 5. The molecule has 8 heteroatoms. The van der Waals surface area contributed by atoms with Gasteiger partial charge in [-0.2, -0.15) is 0 Å². The molecule has 0 fully saturated rings. The first-order valence-electron chi connectivity index (χ1n) is 9.25. The first kappa shape index (κ1) is 19.9. The molecule has 0 saturated carbocycles. The van der Waals surface area contributed by atoms with Gasteiger partial charge in [-0.15, -0.1) is 11.8 Å². The highest BCUT2D eigenvalue weighted by Gasteiger charge is 2.24. The highest BCUT2D eigenvalue weighted by molar-refractivity contribution is 7.98. The number of benzene rings is 2. The lowest BCUT2D eigenvalue weighted by molar-refractivity contribution is -0.122. The predicted octanol–water partition coefficient (Wildman–Crippen LogP) is 4.48. The molecular weight excluding hydrogens is 405 g/mol. The maximum Gasteiger partial charge on any atom is 0.265 e. The average Bonchev–Trinajstić information content (AvgIpc) is 2.74. The molecule has 3 aromatic rings. The van der Waals surface area contributed by atoms with Crippen LogP contribution in [-0.2, 0) is 10.5 Å². The standard InChI is InChI=1S/C22H18FN3O3S/c1-13-20(27)26-18-11-16(8-9-19(18)29-13)25-21(28)17-3-2-10-24-22(17)30-12-14-4-6-15(23)7-5-14/h2-11,13H,12H2,1H3,(H,25,28)(H,26,27). The second-order valence-corrected chi connectivity index (χ2v) is 7.65. The Bertz CT molecular complexity index is 1110. The van der Waals surface area contributed by atoms with Crippen molar-refractivity contribution in [2.75, 3.05) is 10.6 Å². The first-order chi connectivity index (χ1) is 14.5. The number of aromatic nitrogens is 1. The van der Waals surface area contributed by atoms with Gasteiger partial charge in [-0.05, 0) is 55.0 Å². The summed E-state index contributed by atoms with van der Waals surface area (Å²) in [5.74, 6) is 0.261. The minimum absolute atomic E-state index is 0.238. The van der Waals surface area contributed by atoms with Gasteiger partial charge in [0.05, 0.1) is 11.3 Å². The third-order valence-corrected chi connectivity index (χ3v) is 5.55. The van der Waals surface area contributed by atoms with Crippen molar-refractivity contribution in [3.05, 3.63) is 77.7 Å². The van der Waals surface area contributed by atoms with Crippen LogP contribution in [0.4, 0.5) is 15.8 Å². The summed E-state index contributed by atoms with van der Waals surface area (Å²) >= 11 is 1.40. The second kappa shape index (κ2) is 8.54. The molecule has 0 radical (unpaired) electrons. The summed E-state index contributed by atoms with van der Waals surface area (Å²) in [6.07, 6.45) is 1.06. The van der Waals surface area contributed by atoms with Gasteiger partial charge in [-0.1, -0.05) is 12.1 Å². The number of fused-ring (bicyclic) bond motifs is 1. The van der Waals surface area contributed by atoms with Crippen LogP contribution in [0.5, 0.6) is 5.75 Å². The van der Waals surface area contributed by atoms with Gasteiger partial charge in [-0.25, -0.2) is 9.37 Å². The van der Waals surface area contributed by atoms with Crippen molar-refractivity contribution in [1.29, 1.82) is 0 Å². The summed E-state index contributed by atoms with van der Waals surface area (Å²) in [5.41, 5.74) is 2.39. The third-order valence-electron chi connectivity index (χ3n) is 4.47. The van der Waals surface area contributed by atoms with Crippen molar-refractivity contribution in [1.82, 2.24) is 4.98 Å². The maximum absolute atomic E-state index is 13.1. The molecule has 1 atom stereocenters. The van der Waals surface area contributed by atoms with E-state index in [1.165, 1.54) is 23.9 Å². The van der Waals surface area contributed by atoms with Gasteiger partial charge in [-0.3, -0.25) is 9.59 Å². The number of halogens is 1. The van der Waals surface area contributed by atoms with Gasteiger partial charge in [0.2, 0.25) is 0 Å². The van der Waals surface area contributed by atoms with E-state index < -0.39 is 6.10 Å². The van der Waals surface area contributed by atoms with Crippen molar-refractivity contribution < 1.29 is 18.7 Å². The van der Waals surface area contributed by atoms with Crippen LogP contribution in [0.3, 0.4) is 0 Å². The molecule has 152 valence electrons. The number of anilines is 2. The molecular formula is C22H18FN3O3S. The molecule has 0 saturated heterocycles. The fourth-order valence-corrected chi connectivity index (χ4v) is 3.84. The lowest BCUT2D eigenvalue weighted by atomic mass is 10.2. The largest absolute Gasteiger partial charge is 0.479 e. The quantitative estimate of drug-likeness (QED) is 0.592. The van der Waals surface area contributed by atoms with Gasteiger partial charge in [0.15, 0.2) is 6.10 Å². The van der Waals surface area contributed by atoms with Gasteiger partial charge >= 0.3 is 0 Å². The molecule has 0 spiro atoms. The van der Waals surface area contributed by atoms with E-state index in [0.29, 0.717) is 33.5 Å². The van der Waals surface area contributed by atoms with Crippen LogP contribution in [0.1, 0.15) is 22.8 Å². The van der Waals surface area contributed by atoms with Crippen molar-refractivity contribution in [2.24, 2.45) is 0 Å². The molecule has 6 nitrogen and oxygen atoms in total. The zero-order chi connectivity index (χ0) is 21.1. The van der Waals surface area contributed by atoms with Gasteiger partial charge in [0.1, 0.15) is 16.6 Å². The van der Waals surface area contributed by atoms with E-state index in [9.17, 15) is 14.0 Å². The van der Waals surface area contributed by atoms with Crippen LogP contribution in [0.15, 0.2) is 65.8 Å². The summed E-state index contributed by atoms with van der Waals surface area (Å²) < 4.78 is 18.6. The monoisotopic (exact) mass is 423 g/mol. The molecule has 0 aliphatic carbocycles. The van der Waals surface area contributed by atoms with Gasteiger partial charge in [0, 0.05) is 17.6 Å². The molecule has 0 bridgehead atoms. The SMILES string of the molecule is CC1Oc2ccc(NC(=O)c3cccnc3SCc3ccc(F)cc3)cc2NC1=O. The number of ether oxygens (including phenoxy) is 1. The van der Waals surface area contributed by atoms with Gasteiger partial charge < -0.3 is 15.4 Å². The summed E-state index contributed by atoms with van der Waals surface area (Å²) in [6, 6.07) is 14.7. The lowest BCUT2D eigenvalue weighted by Crippen LogP contribution is -2.34. The summed E-state index contributed by atoms with van der Waals surface area (Å²) in [5, 5.41) is 6.16. The zero-order valence-electron chi connectivity index (χ0n) is 16.0. The van der Waals surface area contributed by atoms with E-state index >= 15 is 0 Å². The summed E-state index contributed by atoms with van der Waals surface area (Å²) in [6.45, 7) is 1.67. The van der Waals surface area contributed by atoms with E-state index in [2.05, 4.69) is 15.6 Å². The molecule has 2 amide bonds.